The summed E-state index contributed by atoms with van der Waals surface area (Å²) in [5, 5.41) is 7.25. The maximum absolute atomic E-state index is 12.8. The van der Waals surface area contributed by atoms with E-state index in [1.807, 2.05) is 6.07 Å². The number of ether oxygens (including phenoxy) is 1. The molecular formula is C19H22ClN3O3. The van der Waals surface area contributed by atoms with Gasteiger partial charge in [0.05, 0.1) is 12.8 Å². The second kappa shape index (κ2) is 8.47. The van der Waals surface area contributed by atoms with Crippen LogP contribution in [0.1, 0.15) is 46.2 Å². The fourth-order valence-electron chi connectivity index (χ4n) is 3.34. The summed E-state index contributed by atoms with van der Waals surface area (Å²) in [5.41, 5.74) is 1.83. The Bertz CT molecular complexity index is 790. The third-order valence-corrected chi connectivity index (χ3v) is 4.81. The van der Waals surface area contributed by atoms with Crippen molar-refractivity contribution in [2.45, 2.75) is 26.3 Å². The molecule has 2 aromatic rings. The molecule has 6 nitrogen and oxygen atoms in total. The average molecular weight is 376 g/mol. The number of carbonyl (C=O) groups excluding carboxylic acids is 2. The molecule has 0 radical (unpaired) electrons. The van der Waals surface area contributed by atoms with Crippen molar-refractivity contribution in [3.8, 4) is 0 Å². The number of Topliss-reactive ketones (excluding diaryl/α,β-unsaturated/α-hetero) is 1. The van der Waals surface area contributed by atoms with Crippen LogP contribution in [0.25, 0.3) is 0 Å². The number of likely N-dealkylation sites (tertiary alicyclic amines) is 1. The van der Waals surface area contributed by atoms with Crippen molar-refractivity contribution >= 4 is 23.4 Å². The molecule has 1 fully saturated rings. The van der Waals surface area contributed by atoms with Crippen LogP contribution in [0, 0.1) is 5.92 Å². The molecule has 1 aliphatic heterocycles. The number of hydrogen-bond donors (Lipinski definition) is 1. The van der Waals surface area contributed by atoms with Gasteiger partial charge in [0, 0.05) is 35.2 Å². The van der Waals surface area contributed by atoms with Gasteiger partial charge in [0.25, 0.3) is 0 Å². The summed E-state index contributed by atoms with van der Waals surface area (Å²) in [6.07, 6.45) is 3.44. The second-order valence-corrected chi connectivity index (χ2v) is 6.88. The average Bonchev–Trinajstić information content (AvgIpc) is 3.10. The van der Waals surface area contributed by atoms with Crippen LogP contribution in [-0.2, 0) is 11.3 Å². The number of benzene rings is 1. The normalized spacial score (nSPS) is 17.8. The molecule has 2 heterocycles. The highest BCUT2D eigenvalue weighted by Crippen LogP contribution is 2.24. The Hall–Kier alpha value is -2.18. The minimum atomic E-state index is -0.399. The summed E-state index contributed by atoms with van der Waals surface area (Å²) in [4.78, 5) is 26.9. The fraction of sp³-hybridized carbons (Fsp3) is 0.421. The Morgan fingerprint density at radius 3 is 3.04 bits per heavy atom. The van der Waals surface area contributed by atoms with Crippen LogP contribution in [0.5, 0.6) is 0 Å². The van der Waals surface area contributed by atoms with Crippen LogP contribution in [-0.4, -0.2) is 46.5 Å². The SMILES string of the molecule is CCOC(=O)c1[nH]ncc1CN1CCC[C@@H](C(=O)c2cccc(Cl)c2)C1. The third kappa shape index (κ3) is 4.31. The molecule has 3 rings (SSSR count). The molecule has 138 valence electrons. The van der Waals surface area contributed by atoms with Gasteiger partial charge in [-0.2, -0.15) is 5.10 Å². The molecule has 0 spiro atoms. The monoisotopic (exact) mass is 375 g/mol. The number of aromatic nitrogens is 2. The standard InChI is InChI=1S/C19H22ClN3O3/c1-2-26-19(25)17-15(10-21-22-17)12-23-8-4-6-14(11-23)18(24)13-5-3-7-16(20)9-13/h3,5,7,9-10,14H,2,4,6,8,11-12H2,1H3,(H,21,22)/t14-/m1/s1. The van der Waals surface area contributed by atoms with E-state index in [1.165, 1.54) is 0 Å². The van der Waals surface area contributed by atoms with Crippen molar-refractivity contribution in [1.29, 1.82) is 0 Å². The van der Waals surface area contributed by atoms with Gasteiger partial charge in [-0.3, -0.25) is 14.8 Å². The first kappa shape index (κ1) is 18.6. The molecule has 0 aliphatic carbocycles. The summed E-state index contributed by atoms with van der Waals surface area (Å²) >= 11 is 6.01. The fourth-order valence-corrected chi connectivity index (χ4v) is 3.53. The summed E-state index contributed by atoms with van der Waals surface area (Å²) < 4.78 is 5.05. The van der Waals surface area contributed by atoms with Gasteiger partial charge < -0.3 is 4.74 Å². The first-order valence-corrected chi connectivity index (χ1v) is 9.17. The van der Waals surface area contributed by atoms with E-state index >= 15 is 0 Å². The van der Waals surface area contributed by atoms with Gasteiger partial charge in [-0.15, -0.1) is 0 Å². The summed E-state index contributed by atoms with van der Waals surface area (Å²) in [5.74, 6) is -0.348. The van der Waals surface area contributed by atoms with Crippen LogP contribution in [0.3, 0.4) is 0 Å². The number of aromatic amines is 1. The van der Waals surface area contributed by atoms with E-state index in [-0.39, 0.29) is 11.7 Å². The largest absolute Gasteiger partial charge is 0.461 e. The number of ketones is 1. The molecule has 1 atom stereocenters. The molecule has 1 aromatic carbocycles. The molecule has 0 amide bonds. The second-order valence-electron chi connectivity index (χ2n) is 6.44. The van der Waals surface area contributed by atoms with E-state index in [4.69, 9.17) is 16.3 Å². The zero-order valence-electron chi connectivity index (χ0n) is 14.7. The van der Waals surface area contributed by atoms with Gasteiger partial charge in [0.1, 0.15) is 5.69 Å². The minimum absolute atomic E-state index is 0.0693. The zero-order valence-corrected chi connectivity index (χ0v) is 15.5. The zero-order chi connectivity index (χ0) is 18.5. The lowest BCUT2D eigenvalue weighted by Gasteiger charge is -2.31. The number of hydrogen-bond acceptors (Lipinski definition) is 5. The Labute approximate surface area is 157 Å². The number of H-pyrrole nitrogens is 1. The van der Waals surface area contributed by atoms with E-state index in [9.17, 15) is 9.59 Å². The van der Waals surface area contributed by atoms with Crippen LogP contribution in [0.4, 0.5) is 0 Å². The molecular weight excluding hydrogens is 354 g/mol. The van der Waals surface area contributed by atoms with Crippen molar-refractivity contribution in [3.63, 3.8) is 0 Å². The molecule has 0 bridgehead atoms. The maximum Gasteiger partial charge on any atom is 0.356 e. The molecule has 26 heavy (non-hydrogen) atoms. The lowest BCUT2D eigenvalue weighted by atomic mass is 9.90. The molecule has 1 N–H and O–H groups in total. The number of piperidine rings is 1. The van der Waals surface area contributed by atoms with Crippen LogP contribution < -0.4 is 0 Å². The predicted octanol–water partition coefficient (Wildman–Crippen LogP) is 3.33. The first-order chi connectivity index (χ1) is 12.6. The van der Waals surface area contributed by atoms with Gasteiger partial charge in [0.2, 0.25) is 0 Å². The van der Waals surface area contributed by atoms with Gasteiger partial charge in [-0.05, 0) is 38.4 Å². The smallest absolute Gasteiger partial charge is 0.356 e. The maximum atomic E-state index is 12.8. The number of nitrogens with zero attached hydrogens (tertiary/aromatic N) is 2. The molecule has 7 heteroatoms. The minimum Gasteiger partial charge on any atom is -0.461 e. The molecule has 0 unspecified atom stereocenters. The van der Waals surface area contributed by atoms with Gasteiger partial charge in [-0.1, -0.05) is 23.7 Å². The van der Waals surface area contributed by atoms with Gasteiger partial charge in [0.15, 0.2) is 5.78 Å². The first-order valence-electron chi connectivity index (χ1n) is 8.80. The third-order valence-electron chi connectivity index (χ3n) is 4.58. The van der Waals surface area contributed by atoms with E-state index in [0.29, 0.717) is 36.0 Å². The Balaban J connectivity index is 1.67. The molecule has 1 aliphatic rings. The highest BCUT2D eigenvalue weighted by Gasteiger charge is 2.28. The van der Waals surface area contributed by atoms with E-state index in [2.05, 4.69) is 15.1 Å². The summed E-state index contributed by atoms with van der Waals surface area (Å²) in [7, 11) is 0. The number of rotatable bonds is 6. The van der Waals surface area contributed by atoms with Crippen molar-refractivity contribution in [1.82, 2.24) is 15.1 Å². The van der Waals surface area contributed by atoms with Crippen LogP contribution in [0.15, 0.2) is 30.5 Å². The lowest BCUT2D eigenvalue weighted by Crippen LogP contribution is -2.38. The molecule has 0 saturated carbocycles. The van der Waals surface area contributed by atoms with Crippen molar-refractivity contribution in [2.75, 3.05) is 19.7 Å². The Morgan fingerprint density at radius 2 is 2.27 bits per heavy atom. The molecule has 1 aromatic heterocycles. The number of nitrogens with one attached hydrogen (secondary N) is 1. The molecule has 1 saturated heterocycles. The van der Waals surface area contributed by atoms with Crippen molar-refractivity contribution in [3.05, 3.63) is 52.3 Å². The van der Waals surface area contributed by atoms with E-state index in [1.54, 1.807) is 31.3 Å². The van der Waals surface area contributed by atoms with Crippen molar-refractivity contribution in [2.24, 2.45) is 5.92 Å². The summed E-state index contributed by atoms with van der Waals surface area (Å²) in [6.45, 7) is 4.18. The number of halogens is 1. The number of esters is 1. The quantitative estimate of drug-likeness (QED) is 0.619. The number of carbonyl (C=O) groups is 2. The summed E-state index contributed by atoms with van der Waals surface area (Å²) in [6, 6.07) is 7.09. The predicted molar refractivity (Wildman–Crippen MR) is 98.3 cm³/mol. The highest BCUT2D eigenvalue weighted by atomic mass is 35.5. The Kier molecular flexibility index (Phi) is 6.06. The van der Waals surface area contributed by atoms with E-state index in [0.717, 1.165) is 24.9 Å². The van der Waals surface area contributed by atoms with Gasteiger partial charge in [-0.25, -0.2) is 4.79 Å². The highest BCUT2D eigenvalue weighted by molar-refractivity contribution is 6.31. The Morgan fingerprint density at radius 1 is 1.42 bits per heavy atom. The lowest BCUT2D eigenvalue weighted by molar-refractivity contribution is 0.0515. The van der Waals surface area contributed by atoms with Crippen molar-refractivity contribution < 1.29 is 14.3 Å². The van der Waals surface area contributed by atoms with Crippen LogP contribution >= 0.6 is 11.6 Å². The van der Waals surface area contributed by atoms with Gasteiger partial charge >= 0.3 is 5.97 Å². The topological polar surface area (TPSA) is 75.3 Å². The van der Waals surface area contributed by atoms with Crippen LogP contribution in [0.2, 0.25) is 5.02 Å². The van der Waals surface area contributed by atoms with E-state index < -0.39 is 5.97 Å².